The molecule has 39 heavy (non-hydrogen) atoms. The molecular formula is C33H36N2O4. The highest BCUT2D eigenvalue weighted by Crippen LogP contribution is 2.65. The molecule has 7 fully saturated rings. The largest absolute Gasteiger partial charge is 0.352 e. The second-order valence-electron chi connectivity index (χ2n) is 12.9. The van der Waals surface area contributed by atoms with Gasteiger partial charge in [0.05, 0.1) is 25.3 Å². The molecule has 2 aromatic carbocycles. The Morgan fingerprint density at radius 2 is 1.23 bits per heavy atom. The topological polar surface area (TPSA) is 59.1 Å². The maximum atomic E-state index is 12.8. The van der Waals surface area contributed by atoms with Gasteiger partial charge in [0, 0.05) is 23.0 Å². The molecule has 2 unspecified atom stereocenters. The van der Waals surface area contributed by atoms with Crippen molar-refractivity contribution >= 4 is 11.8 Å². The summed E-state index contributed by atoms with van der Waals surface area (Å²) >= 11 is 0. The minimum absolute atomic E-state index is 0.144. The third-order valence-corrected chi connectivity index (χ3v) is 10.7. The number of nitrogens with zero attached hydrogens (tertiary/aromatic N) is 2. The molecule has 202 valence electrons. The molecule has 0 bridgehead atoms. The minimum atomic E-state index is -0.183. The Morgan fingerprint density at radius 1 is 0.692 bits per heavy atom. The lowest BCUT2D eigenvalue weighted by Gasteiger charge is -2.25. The number of carbonyl (C=O) groups is 2. The van der Waals surface area contributed by atoms with E-state index in [1.54, 1.807) is 0 Å². The van der Waals surface area contributed by atoms with E-state index in [0.29, 0.717) is 35.8 Å². The van der Waals surface area contributed by atoms with Crippen LogP contribution in [0.3, 0.4) is 0 Å². The van der Waals surface area contributed by atoms with Gasteiger partial charge < -0.3 is 19.3 Å². The Hall–Kier alpha value is -2.96. The summed E-state index contributed by atoms with van der Waals surface area (Å²) in [4.78, 5) is 29.5. The number of allylic oxidation sites excluding steroid dienone is 1. The van der Waals surface area contributed by atoms with Gasteiger partial charge in [-0.15, -0.1) is 0 Å². The van der Waals surface area contributed by atoms with Gasteiger partial charge >= 0.3 is 0 Å². The van der Waals surface area contributed by atoms with Crippen LogP contribution >= 0.6 is 0 Å². The summed E-state index contributed by atoms with van der Waals surface area (Å²) in [6, 6.07) is 20.8. The summed E-state index contributed by atoms with van der Waals surface area (Å²) in [5.74, 6) is 2.05. The fourth-order valence-corrected chi connectivity index (χ4v) is 8.70. The highest BCUT2D eigenvalue weighted by Gasteiger charge is 2.64. The highest BCUT2D eigenvalue weighted by molar-refractivity contribution is 5.84. The first kappa shape index (κ1) is 23.9. The van der Waals surface area contributed by atoms with Crippen LogP contribution in [0, 0.1) is 29.1 Å². The Morgan fingerprint density at radius 3 is 1.79 bits per heavy atom. The number of amides is 2. The molecule has 4 aliphatic heterocycles. The van der Waals surface area contributed by atoms with Crippen LogP contribution in [0.1, 0.15) is 62.1 Å². The zero-order valence-electron chi connectivity index (χ0n) is 22.3. The molecule has 8 atom stereocenters. The quantitative estimate of drug-likeness (QED) is 0.504. The van der Waals surface area contributed by atoms with E-state index in [1.165, 1.54) is 24.8 Å². The van der Waals surface area contributed by atoms with Crippen molar-refractivity contribution in [3.8, 4) is 0 Å². The molecule has 4 saturated heterocycles. The molecule has 0 N–H and O–H groups in total. The van der Waals surface area contributed by atoms with Crippen molar-refractivity contribution in [3.05, 3.63) is 83.9 Å². The lowest BCUT2D eigenvalue weighted by atomic mass is 9.94. The summed E-state index contributed by atoms with van der Waals surface area (Å²) in [5.41, 5.74) is 3.98. The summed E-state index contributed by atoms with van der Waals surface area (Å²) in [7, 11) is 0. The van der Waals surface area contributed by atoms with Crippen LogP contribution in [-0.2, 0) is 19.1 Å². The molecule has 9 rings (SSSR count). The third kappa shape index (κ3) is 3.67. The lowest BCUT2D eigenvalue weighted by Crippen LogP contribution is -2.34. The number of fused-ring (bicyclic) bond motifs is 6. The van der Waals surface area contributed by atoms with Crippen LogP contribution in [0.2, 0.25) is 0 Å². The summed E-state index contributed by atoms with van der Waals surface area (Å²) in [5, 5.41) is 0. The summed E-state index contributed by atoms with van der Waals surface area (Å²) < 4.78 is 11.9. The fraction of sp³-hybridized carbons (Fsp3) is 0.515. The van der Waals surface area contributed by atoms with Crippen molar-refractivity contribution in [2.24, 2.45) is 29.1 Å². The monoisotopic (exact) mass is 524 g/mol. The number of hydrogen-bond donors (Lipinski definition) is 0. The van der Waals surface area contributed by atoms with Crippen molar-refractivity contribution in [1.29, 1.82) is 0 Å². The van der Waals surface area contributed by atoms with Crippen molar-refractivity contribution in [1.82, 2.24) is 9.80 Å². The minimum Gasteiger partial charge on any atom is -0.352 e. The number of carbonyl (C=O) groups excluding carboxylic acids is 2. The molecule has 4 heterocycles. The van der Waals surface area contributed by atoms with Crippen molar-refractivity contribution in [2.45, 2.75) is 63.1 Å². The molecule has 0 aromatic heterocycles. The average Bonchev–Trinajstić information content (AvgIpc) is 3.49. The van der Waals surface area contributed by atoms with E-state index in [2.05, 4.69) is 23.6 Å². The van der Waals surface area contributed by atoms with Crippen LogP contribution in [0.25, 0.3) is 0 Å². The number of ether oxygens (including phenoxy) is 2. The molecular weight excluding hydrogens is 488 g/mol. The van der Waals surface area contributed by atoms with E-state index in [0.717, 1.165) is 37.0 Å². The van der Waals surface area contributed by atoms with Crippen LogP contribution < -0.4 is 0 Å². The summed E-state index contributed by atoms with van der Waals surface area (Å²) in [6.07, 6.45) is 6.64. The molecule has 6 nitrogen and oxygen atoms in total. The third-order valence-electron chi connectivity index (χ3n) is 10.7. The van der Waals surface area contributed by atoms with Gasteiger partial charge in [0.1, 0.15) is 0 Å². The van der Waals surface area contributed by atoms with Gasteiger partial charge in [-0.2, -0.15) is 0 Å². The van der Waals surface area contributed by atoms with Gasteiger partial charge in [0.15, 0.2) is 12.5 Å². The first-order valence-electron chi connectivity index (χ1n) is 14.7. The molecule has 2 amide bonds. The predicted octanol–water partition coefficient (Wildman–Crippen LogP) is 5.24. The van der Waals surface area contributed by atoms with Gasteiger partial charge in [0.25, 0.3) is 0 Å². The number of hydrogen-bond acceptors (Lipinski definition) is 4. The molecule has 2 aromatic rings. The van der Waals surface area contributed by atoms with Crippen molar-refractivity contribution in [3.63, 3.8) is 0 Å². The normalized spacial score (nSPS) is 38.5. The molecule has 7 aliphatic rings. The molecule has 1 spiro atoms. The Bertz CT molecular complexity index is 1310. The van der Waals surface area contributed by atoms with E-state index >= 15 is 0 Å². The highest BCUT2D eigenvalue weighted by atomic mass is 16.5. The van der Waals surface area contributed by atoms with Crippen molar-refractivity contribution in [2.75, 3.05) is 13.2 Å². The zero-order valence-corrected chi connectivity index (χ0v) is 22.3. The smallest absolute Gasteiger partial charge is 0.229 e. The molecule has 3 aliphatic carbocycles. The van der Waals surface area contributed by atoms with E-state index in [9.17, 15) is 9.59 Å². The second kappa shape index (κ2) is 8.77. The van der Waals surface area contributed by atoms with E-state index in [4.69, 9.17) is 9.47 Å². The average molecular weight is 525 g/mol. The zero-order chi connectivity index (χ0) is 26.3. The van der Waals surface area contributed by atoms with Gasteiger partial charge in [-0.3, -0.25) is 9.59 Å². The van der Waals surface area contributed by atoms with E-state index in [1.807, 2.05) is 53.4 Å². The summed E-state index contributed by atoms with van der Waals surface area (Å²) in [6.45, 7) is 5.44. The number of rotatable bonds is 2. The van der Waals surface area contributed by atoms with Crippen LogP contribution in [0.15, 0.2) is 72.8 Å². The molecule has 6 heteroatoms. The fourth-order valence-electron chi connectivity index (χ4n) is 8.70. The first-order chi connectivity index (χ1) is 19.0. The standard InChI is InChI=1S/C17H19NO2.C16H17NO2/c19-15-13-9-17(6-7-17)8-12(13)14-10-20-16(18(14)15)11-4-2-1-3-5-11;1-10-7-12-13(8-10)15(18)17-14(12)9-19-16(17)11-5-3-2-4-6-11/h1-5,12-14,16H,6-10H2;2-6,12-14,16H,1,7-9H2/t2*12-,13?,14+,16-/m00/s1. The van der Waals surface area contributed by atoms with Gasteiger partial charge in [-0.05, 0) is 55.8 Å². The van der Waals surface area contributed by atoms with E-state index in [-0.39, 0.29) is 36.2 Å². The molecule has 0 radical (unpaired) electrons. The maximum absolute atomic E-state index is 12.8. The van der Waals surface area contributed by atoms with Crippen LogP contribution in [0.4, 0.5) is 0 Å². The number of benzene rings is 2. The van der Waals surface area contributed by atoms with E-state index < -0.39 is 0 Å². The Labute approximate surface area is 229 Å². The van der Waals surface area contributed by atoms with Gasteiger partial charge in [-0.1, -0.05) is 72.8 Å². The maximum Gasteiger partial charge on any atom is 0.229 e. The Balaban J connectivity index is 0.000000121. The lowest BCUT2D eigenvalue weighted by molar-refractivity contribution is -0.138. The van der Waals surface area contributed by atoms with Gasteiger partial charge in [-0.25, -0.2) is 0 Å². The van der Waals surface area contributed by atoms with Crippen LogP contribution in [0.5, 0.6) is 0 Å². The molecule has 3 saturated carbocycles. The SMILES string of the molecule is C=C1CC2C(=O)N3[C@H](CO[C@H]3c3ccccc3)[C@H]2C1.O=C1C2CC3(CC3)C[C@@H]2[C@H]2CO[C@@H](c3ccccc3)N12. The second-order valence-corrected chi connectivity index (χ2v) is 12.9. The predicted molar refractivity (Wildman–Crippen MR) is 145 cm³/mol. The Kier molecular flexibility index (Phi) is 5.37. The van der Waals surface area contributed by atoms with Crippen molar-refractivity contribution < 1.29 is 19.1 Å². The van der Waals surface area contributed by atoms with Gasteiger partial charge in [0.2, 0.25) is 11.8 Å². The van der Waals surface area contributed by atoms with Crippen LogP contribution in [-0.4, -0.2) is 46.9 Å². The first-order valence-corrected chi connectivity index (χ1v) is 14.7.